The zero-order chi connectivity index (χ0) is 15.0. The molecule has 1 heterocycles. The van der Waals surface area contributed by atoms with Gasteiger partial charge in [0.1, 0.15) is 0 Å². The second-order valence-corrected chi connectivity index (χ2v) is 5.98. The molecule has 0 aromatic rings. The molecule has 1 aliphatic rings. The summed E-state index contributed by atoms with van der Waals surface area (Å²) < 4.78 is 0. The molecule has 0 saturated carbocycles. The van der Waals surface area contributed by atoms with Gasteiger partial charge >= 0.3 is 0 Å². The minimum Gasteiger partial charge on any atom is -0.353 e. The van der Waals surface area contributed by atoms with Gasteiger partial charge in [-0.2, -0.15) is 0 Å². The van der Waals surface area contributed by atoms with E-state index in [0.29, 0.717) is 13.0 Å². The van der Waals surface area contributed by atoms with E-state index in [4.69, 9.17) is 0 Å². The minimum atomic E-state index is -0.0198. The van der Waals surface area contributed by atoms with Crippen molar-refractivity contribution in [1.29, 1.82) is 0 Å². The van der Waals surface area contributed by atoms with Gasteiger partial charge in [0.15, 0.2) is 0 Å². The average molecular weight is 282 g/mol. The van der Waals surface area contributed by atoms with E-state index in [2.05, 4.69) is 19.2 Å². The number of unbranched alkanes of at least 4 members (excludes halogenated alkanes) is 1. The first-order valence-electron chi connectivity index (χ1n) is 8.16. The van der Waals surface area contributed by atoms with E-state index in [1.807, 2.05) is 11.8 Å². The molecule has 4 nitrogen and oxygen atoms in total. The molecule has 20 heavy (non-hydrogen) atoms. The van der Waals surface area contributed by atoms with Crippen LogP contribution in [0.4, 0.5) is 0 Å². The van der Waals surface area contributed by atoms with Crippen LogP contribution < -0.4 is 5.32 Å². The Labute approximate surface area is 123 Å². The van der Waals surface area contributed by atoms with Crippen molar-refractivity contribution < 1.29 is 9.59 Å². The highest BCUT2D eigenvalue weighted by atomic mass is 16.2. The number of hydrogen-bond donors (Lipinski definition) is 1. The maximum absolute atomic E-state index is 12.2. The molecule has 1 rings (SSSR count). The summed E-state index contributed by atoms with van der Waals surface area (Å²) in [4.78, 5) is 26.1. The SMILES string of the molecule is CCCCC(=O)N1CCCC(C(=O)NC(C)CCC)C1. The van der Waals surface area contributed by atoms with E-state index < -0.39 is 0 Å². The van der Waals surface area contributed by atoms with Gasteiger partial charge in [0, 0.05) is 25.6 Å². The first-order valence-corrected chi connectivity index (χ1v) is 8.16. The van der Waals surface area contributed by atoms with E-state index in [1.165, 1.54) is 0 Å². The number of piperidine rings is 1. The summed E-state index contributed by atoms with van der Waals surface area (Å²) >= 11 is 0. The van der Waals surface area contributed by atoms with Crippen LogP contribution in [-0.2, 0) is 9.59 Å². The number of carbonyl (C=O) groups is 2. The predicted molar refractivity (Wildman–Crippen MR) is 81.3 cm³/mol. The smallest absolute Gasteiger partial charge is 0.225 e. The lowest BCUT2D eigenvalue weighted by Crippen LogP contribution is -2.47. The lowest BCUT2D eigenvalue weighted by molar-refractivity contribution is -0.136. The van der Waals surface area contributed by atoms with E-state index in [1.54, 1.807) is 0 Å². The molecule has 116 valence electrons. The van der Waals surface area contributed by atoms with Crippen molar-refractivity contribution in [2.45, 2.75) is 71.8 Å². The van der Waals surface area contributed by atoms with Gasteiger partial charge in [-0.1, -0.05) is 26.7 Å². The molecule has 1 fully saturated rings. The molecule has 0 aliphatic carbocycles. The minimum absolute atomic E-state index is 0.0198. The van der Waals surface area contributed by atoms with Crippen molar-refractivity contribution in [2.75, 3.05) is 13.1 Å². The van der Waals surface area contributed by atoms with Crippen molar-refractivity contribution in [3.8, 4) is 0 Å². The van der Waals surface area contributed by atoms with Crippen LogP contribution >= 0.6 is 0 Å². The van der Waals surface area contributed by atoms with Crippen molar-refractivity contribution in [3.63, 3.8) is 0 Å². The second-order valence-electron chi connectivity index (χ2n) is 5.98. The van der Waals surface area contributed by atoms with Crippen LogP contribution in [0.1, 0.15) is 65.7 Å². The molecule has 0 aromatic carbocycles. The highest BCUT2D eigenvalue weighted by molar-refractivity contribution is 5.81. The maximum atomic E-state index is 12.2. The Balaban J connectivity index is 2.43. The molecule has 1 saturated heterocycles. The number of likely N-dealkylation sites (tertiary alicyclic amines) is 1. The Kier molecular flexibility index (Phi) is 7.63. The Morgan fingerprint density at radius 2 is 2.05 bits per heavy atom. The summed E-state index contributed by atoms with van der Waals surface area (Å²) in [5.74, 6) is 0.318. The fraction of sp³-hybridized carbons (Fsp3) is 0.875. The van der Waals surface area contributed by atoms with Gasteiger partial charge in [0.25, 0.3) is 0 Å². The largest absolute Gasteiger partial charge is 0.353 e. The van der Waals surface area contributed by atoms with Crippen molar-refractivity contribution in [3.05, 3.63) is 0 Å². The summed E-state index contributed by atoms with van der Waals surface area (Å²) in [5.41, 5.74) is 0. The lowest BCUT2D eigenvalue weighted by atomic mass is 9.96. The first-order chi connectivity index (χ1) is 9.58. The average Bonchev–Trinajstić information content (AvgIpc) is 2.45. The standard InChI is InChI=1S/C16H30N2O2/c1-4-6-10-15(19)18-11-7-9-14(12-18)16(20)17-13(3)8-5-2/h13-14H,4-12H2,1-3H3,(H,17,20). The molecule has 1 N–H and O–H groups in total. The Morgan fingerprint density at radius 3 is 2.70 bits per heavy atom. The van der Waals surface area contributed by atoms with Crippen LogP contribution in [-0.4, -0.2) is 35.8 Å². The van der Waals surface area contributed by atoms with E-state index in [0.717, 1.165) is 45.1 Å². The van der Waals surface area contributed by atoms with Gasteiger partial charge in [0.2, 0.25) is 11.8 Å². The molecule has 0 spiro atoms. The number of rotatable bonds is 7. The molecule has 2 unspecified atom stereocenters. The molecule has 0 bridgehead atoms. The Morgan fingerprint density at radius 1 is 1.30 bits per heavy atom. The molecule has 1 aliphatic heterocycles. The molecule has 0 aromatic heterocycles. The number of nitrogens with zero attached hydrogens (tertiary/aromatic N) is 1. The van der Waals surface area contributed by atoms with Gasteiger partial charge in [-0.15, -0.1) is 0 Å². The van der Waals surface area contributed by atoms with E-state index >= 15 is 0 Å². The topological polar surface area (TPSA) is 49.4 Å². The van der Waals surface area contributed by atoms with Crippen molar-refractivity contribution in [2.24, 2.45) is 5.92 Å². The van der Waals surface area contributed by atoms with Crippen LogP contribution in [0.25, 0.3) is 0 Å². The van der Waals surface area contributed by atoms with E-state index in [9.17, 15) is 9.59 Å². The molecule has 0 radical (unpaired) electrons. The van der Waals surface area contributed by atoms with Crippen LogP contribution in [0.3, 0.4) is 0 Å². The highest BCUT2D eigenvalue weighted by Crippen LogP contribution is 2.18. The van der Waals surface area contributed by atoms with E-state index in [-0.39, 0.29) is 23.8 Å². The molecule has 4 heteroatoms. The summed E-state index contributed by atoms with van der Waals surface area (Å²) in [6.07, 6.45) is 6.54. The highest BCUT2D eigenvalue weighted by Gasteiger charge is 2.28. The van der Waals surface area contributed by atoms with Crippen LogP contribution in [0.2, 0.25) is 0 Å². The maximum Gasteiger partial charge on any atom is 0.225 e. The normalized spacial score (nSPS) is 20.6. The molecule has 2 atom stereocenters. The predicted octanol–water partition coefficient (Wildman–Crippen LogP) is 2.72. The number of carbonyl (C=O) groups excluding carboxylic acids is 2. The fourth-order valence-electron chi connectivity index (χ4n) is 2.77. The van der Waals surface area contributed by atoms with Crippen molar-refractivity contribution >= 4 is 11.8 Å². The quantitative estimate of drug-likeness (QED) is 0.780. The van der Waals surface area contributed by atoms with Crippen LogP contribution in [0.15, 0.2) is 0 Å². The Bertz CT molecular complexity index is 318. The third-order valence-electron chi connectivity index (χ3n) is 4.00. The Hall–Kier alpha value is -1.06. The monoisotopic (exact) mass is 282 g/mol. The van der Waals surface area contributed by atoms with Gasteiger partial charge in [-0.05, 0) is 32.6 Å². The second kappa shape index (κ2) is 8.98. The fourth-order valence-corrected chi connectivity index (χ4v) is 2.77. The third kappa shape index (κ3) is 5.51. The zero-order valence-corrected chi connectivity index (χ0v) is 13.3. The first kappa shape index (κ1) is 17.0. The number of amides is 2. The summed E-state index contributed by atoms with van der Waals surface area (Å²) in [6, 6.07) is 0.235. The van der Waals surface area contributed by atoms with Gasteiger partial charge in [0.05, 0.1) is 5.92 Å². The summed E-state index contributed by atoms with van der Waals surface area (Å²) in [7, 11) is 0. The molecular formula is C16H30N2O2. The van der Waals surface area contributed by atoms with Crippen LogP contribution in [0.5, 0.6) is 0 Å². The summed E-state index contributed by atoms with van der Waals surface area (Å²) in [6.45, 7) is 7.69. The summed E-state index contributed by atoms with van der Waals surface area (Å²) in [5, 5.41) is 3.08. The lowest BCUT2D eigenvalue weighted by Gasteiger charge is -2.32. The van der Waals surface area contributed by atoms with Crippen molar-refractivity contribution in [1.82, 2.24) is 10.2 Å². The third-order valence-corrected chi connectivity index (χ3v) is 4.00. The van der Waals surface area contributed by atoms with Gasteiger partial charge < -0.3 is 10.2 Å². The molecular weight excluding hydrogens is 252 g/mol. The number of nitrogens with one attached hydrogen (secondary N) is 1. The van der Waals surface area contributed by atoms with Gasteiger partial charge in [-0.3, -0.25) is 9.59 Å². The number of hydrogen-bond acceptors (Lipinski definition) is 2. The van der Waals surface area contributed by atoms with Gasteiger partial charge in [-0.25, -0.2) is 0 Å². The molecule has 2 amide bonds. The zero-order valence-electron chi connectivity index (χ0n) is 13.3. The van der Waals surface area contributed by atoms with Crippen LogP contribution in [0, 0.1) is 5.92 Å².